The first-order valence-corrected chi connectivity index (χ1v) is 7.45. The molecule has 3 nitrogen and oxygen atoms in total. The van der Waals surface area contributed by atoms with E-state index in [1.165, 1.54) is 6.92 Å². The predicted molar refractivity (Wildman–Crippen MR) is 79.6 cm³/mol. The number of aliphatic hydroxyl groups is 2. The predicted octanol–water partition coefficient (Wildman–Crippen LogP) is 3.02. The third-order valence-corrected chi connectivity index (χ3v) is 4.33. The Labute approximate surface area is 123 Å². The first-order chi connectivity index (χ1) is 8.82. The topological polar surface area (TPSA) is 57.5 Å². The number of hydrogen-bond acceptors (Lipinski definition) is 4. The van der Waals surface area contributed by atoms with Crippen molar-refractivity contribution in [3.05, 3.63) is 33.8 Å². The molecule has 1 aromatic rings. The Hall–Kier alpha value is -0.550. The van der Waals surface area contributed by atoms with Crippen molar-refractivity contribution in [3.63, 3.8) is 0 Å². The van der Waals surface area contributed by atoms with Crippen molar-refractivity contribution >= 4 is 28.5 Å². The van der Waals surface area contributed by atoms with Crippen LogP contribution < -0.4 is 0 Å². The number of rotatable bonds is 5. The molecule has 0 radical (unpaired) electrons. The fourth-order valence-corrected chi connectivity index (χ4v) is 2.61. The average molecular weight is 303 g/mol. The first kappa shape index (κ1) is 16.5. The molecule has 0 amide bonds. The fraction of sp³-hybridized carbons (Fsp3) is 0.500. The summed E-state index contributed by atoms with van der Waals surface area (Å²) in [5.41, 5.74) is 2.40. The van der Waals surface area contributed by atoms with E-state index in [2.05, 4.69) is 0 Å². The van der Waals surface area contributed by atoms with Crippen LogP contribution in [0.15, 0.2) is 12.1 Å². The Bertz CT molecular complexity index is 439. The van der Waals surface area contributed by atoms with Crippen molar-refractivity contribution in [2.75, 3.05) is 5.75 Å². The second-order valence-corrected chi connectivity index (χ2v) is 6.26. The van der Waals surface area contributed by atoms with E-state index in [1.54, 1.807) is 12.1 Å². The molecular weight excluding hydrogens is 284 g/mol. The number of benzene rings is 1. The molecule has 0 heterocycles. The molecule has 0 aromatic heterocycles. The molecule has 0 aliphatic rings. The SMILES string of the molecule is CC(=O)SCCC(O)C(O)c1cc(C)c(Cl)c(C)c1. The van der Waals surface area contributed by atoms with E-state index in [1.807, 2.05) is 13.8 Å². The summed E-state index contributed by atoms with van der Waals surface area (Å²) in [6, 6.07) is 3.56. The van der Waals surface area contributed by atoms with Crippen LogP contribution in [0.4, 0.5) is 0 Å². The van der Waals surface area contributed by atoms with Gasteiger partial charge in [-0.3, -0.25) is 4.79 Å². The maximum atomic E-state index is 10.8. The quantitative estimate of drug-likeness (QED) is 0.878. The second kappa shape index (κ2) is 7.29. The van der Waals surface area contributed by atoms with Crippen molar-refractivity contribution < 1.29 is 15.0 Å². The fourth-order valence-electron chi connectivity index (χ4n) is 1.85. The molecule has 0 aliphatic heterocycles. The summed E-state index contributed by atoms with van der Waals surface area (Å²) in [5, 5.41) is 20.7. The minimum Gasteiger partial charge on any atom is -0.390 e. The molecule has 0 bridgehead atoms. The summed E-state index contributed by atoms with van der Waals surface area (Å²) >= 11 is 7.22. The number of carbonyl (C=O) groups is 1. The zero-order valence-corrected chi connectivity index (χ0v) is 12.9. The van der Waals surface area contributed by atoms with E-state index in [4.69, 9.17) is 11.6 Å². The summed E-state index contributed by atoms with van der Waals surface area (Å²) in [4.78, 5) is 10.8. The minimum absolute atomic E-state index is 0.0138. The van der Waals surface area contributed by atoms with Crippen LogP contribution in [0.25, 0.3) is 0 Å². The average Bonchev–Trinajstić information content (AvgIpc) is 2.33. The van der Waals surface area contributed by atoms with E-state index in [0.717, 1.165) is 22.9 Å². The van der Waals surface area contributed by atoms with E-state index in [-0.39, 0.29) is 5.12 Å². The molecule has 19 heavy (non-hydrogen) atoms. The number of carbonyl (C=O) groups excluding carboxylic acids is 1. The van der Waals surface area contributed by atoms with Crippen molar-refractivity contribution in [3.8, 4) is 0 Å². The summed E-state index contributed by atoms with van der Waals surface area (Å²) in [7, 11) is 0. The minimum atomic E-state index is -0.956. The Balaban J connectivity index is 2.71. The van der Waals surface area contributed by atoms with Gasteiger partial charge in [0, 0.05) is 17.7 Å². The third-order valence-electron chi connectivity index (χ3n) is 2.88. The van der Waals surface area contributed by atoms with Crippen molar-refractivity contribution in [1.82, 2.24) is 0 Å². The summed E-state index contributed by atoms with van der Waals surface area (Å²) in [5.74, 6) is 0.499. The zero-order chi connectivity index (χ0) is 14.6. The van der Waals surface area contributed by atoms with Gasteiger partial charge in [0.2, 0.25) is 0 Å². The molecule has 0 aliphatic carbocycles. The van der Waals surface area contributed by atoms with Crippen LogP contribution in [0.3, 0.4) is 0 Å². The van der Waals surface area contributed by atoms with E-state index >= 15 is 0 Å². The van der Waals surface area contributed by atoms with Gasteiger partial charge in [-0.1, -0.05) is 35.5 Å². The molecule has 1 rings (SSSR count). The van der Waals surface area contributed by atoms with Crippen LogP contribution in [-0.4, -0.2) is 27.2 Å². The summed E-state index contributed by atoms with van der Waals surface area (Å²) < 4.78 is 0. The highest BCUT2D eigenvalue weighted by Crippen LogP contribution is 2.27. The number of halogens is 1. The molecule has 1 aromatic carbocycles. The number of hydrogen-bond donors (Lipinski definition) is 2. The van der Waals surface area contributed by atoms with Crippen molar-refractivity contribution in [2.24, 2.45) is 0 Å². The van der Waals surface area contributed by atoms with Crippen LogP contribution >= 0.6 is 23.4 Å². The Morgan fingerprint density at radius 3 is 2.32 bits per heavy atom. The maximum absolute atomic E-state index is 10.8. The van der Waals surface area contributed by atoms with Gasteiger partial charge in [0.05, 0.1) is 6.10 Å². The van der Waals surface area contributed by atoms with E-state index in [0.29, 0.717) is 22.8 Å². The zero-order valence-electron chi connectivity index (χ0n) is 11.3. The molecule has 0 fully saturated rings. The van der Waals surface area contributed by atoms with Crippen LogP contribution in [0, 0.1) is 13.8 Å². The van der Waals surface area contributed by atoms with Gasteiger partial charge in [0.1, 0.15) is 6.10 Å². The molecule has 2 unspecified atom stereocenters. The molecule has 2 atom stereocenters. The lowest BCUT2D eigenvalue weighted by molar-refractivity contribution is -0.109. The highest BCUT2D eigenvalue weighted by Gasteiger charge is 2.19. The Kier molecular flexibility index (Phi) is 6.33. The molecule has 0 saturated heterocycles. The van der Waals surface area contributed by atoms with Gasteiger partial charge in [-0.2, -0.15) is 0 Å². The van der Waals surface area contributed by atoms with Crippen LogP contribution in [0.2, 0.25) is 5.02 Å². The van der Waals surface area contributed by atoms with Gasteiger partial charge in [-0.25, -0.2) is 0 Å². The van der Waals surface area contributed by atoms with Crippen LogP contribution in [0.1, 0.15) is 36.1 Å². The number of thioether (sulfide) groups is 1. The van der Waals surface area contributed by atoms with E-state index < -0.39 is 12.2 Å². The maximum Gasteiger partial charge on any atom is 0.185 e. The van der Waals surface area contributed by atoms with Gasteiger partial charge in [-0.05, 0) is 37.0 Å². The molecule has 0 saturated carbocycles. The third kappa shape index (κ3) is 4.80. The highest BCUT2D eigenvalue weighted by atomic mass is 35.5. The lowest BCUT2D eigenvalue weighted by Crippen LogP contribution is -2.19. The highest BCUT2D eigenvalue weighted by molar-refractivity contribution is 8.13. The lowest BCUT2D eigenvalue weighted by atomic mass is 9.98. The molecule has 106 valence electrons. The van der Waals surface area contributed by atoms with Gasteiger partial charge in [0.25, 0.3) is 0 Å². The molecule has 0 spiro atoms. The Morgan fingerprint density at radius 1 is 1.32 bits per heavy atom. The monoisotopic (exact) mass is 302 g/mol. The largest absolute Gasteiger partial charge is 0.390 e. The van der Waals surface area contributed by atoms with Gasteiger partial charge >= 0.3 is 0 Å². The standard InChI is InChI=1S/C14H19ClO3S/c1-8-6-11(7-9(2)13(8)15)14(18)12(17)4-5-19-10(3)16/h6-7,12,14,17-18H,4-5H2,1-3H3. The van der Waals surface area contributed by atoms with E-state index in [9.17, 15) is 15.0 Å². The van der Waals surface area contributed by atoms with Crippen LogP contribution in [-0.2, 0) is 4.79 Å². The number of aryl methyl sites for hydroxylation is 2. The summed E-state index contributed by atoms with van der Waals surface area (Å²) in [6.07, 6.45) is -1.47. The second-order valence-electron chi connectivity index (χ2n) is 4.61. The Morgan fingerprint density at radius 2 is 1.84 bits per heavy atom. The summed E-state index contributed by atoms with van der Waals surface area (Å²) in [6.45, 7) is 5.21. The van der Waals surface area contributed by atoms with Crippen molar-refractivity contribution in [2.45, 2.75) is 39.4 Å². The van der Waals surface area contributed by atoms with Gasteiger partial charge in [-0.15, -0.1) is 0 Å². The lowest BCUT2D eigenvalue weighted by Gasteiger charge is -2.19. The number of aliphatic hydroxyl groups excluding tert-OH is 2. The first-order valence-electron chi connectivity index (χ1n) is 6.09. The van der Waals surface area contributed by atoms with Crippen LogP contribution in [0.5, 0.6) is 0 Å². The smallest absolute Gasteiger partial charge is 0.185 e. The normalized spacial score (nSPS) is 14.2. The molecule has 2 N–H and O–H groups in total. The molecular formula is C14H19ClO3S. The van der Waals surface area contributed by atoms with Gasteiger partial charge in [0.15, 0.2) is 5.12 Å². The van der Waals surface area contributed by atoms with Crippen molar-refractivity contribution in [1.29, 1.82) is 0 Å². The molecule has 5 heteroatoms. The van der Waals surface area contributed by atoms with Gasteiger partial charge < -0.3 is 10.2 Å².